The standard InChI is InChI=1S/C23H22ClN6O2S/c1-30(18-14-28-29-15-18)11-10-26-20-13-17(6-7-21(20)30)23(8-3-9-27-22(23)24)16-4-2-5-19(12-16)33(25,31)32/h2-7,9-15,26H,8H2,1H3,(H,28,29)(H2,25,31,32)/q+1. The van der Waals surface area contributed by atoms with Crippen molar-refractivity contribution in [3.63, 3.8) is 0 Å². The molecule has 0 radical (unpaired) electrons. The summed E-state index contributed by atoms with van der Waals surface area (Å²) in [5.74, 6) is 0. The molecular formula is C23H22ClN6O2S+. The lowest BCUT2D eigenvalue weighted by molar-refractivity contribution is 0.597. The van der Waals surface area contributed by atoms with Gasteiger partial charge in [-0.05, 0) is 35.7 Å². The van der Waals surface area contributed by atoms with E-state index in [1.165, 1.54) is 6.07 Å². The number of anilines is 1. The Hall–Kier alpha value is -3.24. The first-order chi connectivity index (χ1) is 15.7. The fourth-order valence-electron chi connectivity index (χ4n) is 4.52. The van der Waals surface area contributed by atoms with E-state index in [1.807, 2.05) is 48.9 Å². The number of H-pyrrole nitrogens is 1. The lowest BCUT2D eigenvalue weighted by Crippen LogP contribution is -2.37. The van der Waals surface area contributed by atoms with E-state index >= 15 is 0 Å². The molecule has 0 spiro atoms. The highest BCUT2D eigenvalue weighted by Gasteiger charge is 2.42. The van der Waals surface area contributed by atoms with E-state index in [-0.39, 0.29) is 4.90 Å². The average molecular weight is 482 g/mol. The number of nitrogens with zero attached hydrogens (tertiary/aromatic N) is 3. The molecule has 0 fully saturated rings. The van der Waals surface area contributed by atoms with Gasteiger partial charge in [0.25, 0.3) is 0 Å². The molecule has 2 unspecified atom stereocenters. The molecule has 3 aromatic rings. The van der Waals surface area contributed by atoms with E-state index in [4.69, 9.17) is 16.7 Å². The number of nitrogens with two attached hydrogens (primary N) is 1. The number of hydrogen-bond donors (Lipinski definition) is 3. The molecule has 5 rings (SSSR count). The second kappa shape index (κ2) is 7.67. The van der Waals surface area contributed by atoms with E-state index in [2.05, 4.69) is 27.6 Å². The molecule has 2 atom stereocenters. The lowest BCUT2D eigenvalue weighted by atomic mass is 9.71. The molecule has 0 bridgehead atoms. The molecule has 10 heteroatoms. The Balaban J connectivity index is 1.70. The molecule has 2 aliphatic rings. The number of nitrogens with one attached hydrogen (secondary N) is 2. The molecule has 3 heterocycles. The van der Waals surface area contributed by atoms with Crippen molar-refractivity contribution in [1.29, 1.82) is 0 Å². The van der Waals surface area contributed by atoms with Crippen LogP contribution in [0.2, 0.25) is 0 Å². The molecular weight excluding hydrogens is 460 g/mol. The van der Waals surface area contributed by atoms with Crippen molar-refractivity contribution < 1.29 is 8.42 Å². The fourth-order valence-corrected chi connectivity index (χ4v) is 5.43. The van der Waals surface area contributed by atoms with Gasteiger partial charge in [-0.3, -0.25) is 5.10 Å². The highest BCUT2D eigenvalue weighted by atomic mass is 35.5. The molecule has 33 heavy (non-hydrogen) atoms. The Morgan fingerprint density at radius 1 is 1.18 bits per heavy atom. The zero-order valence-corrected chi connectivity index (χ0v) is 19.3. The fraction of sp³-hybridized carbons (Fsp3) is 0.130. The van der Waals surface area contributed by atoms with E-state index in [9.17, 15) is 8.42 Å². The normalized spacial score (nSPS) is 24.2. The van der Waals surface area contributed by atoms with Gasteiger partial charge in [0.15, 0.2) is 11.4 Å². The van der Waals surface area contributed by atoms with Crippen molar-refractivity contribution in [3.05, 3.63) is 90.7 Å². The van der Waals surface area contributed by atoms with Crippen LogP contribution in [0.1, 0.15) is 17.5 Å². The van der Waals surface area contributed by atoms with Gasteiger partial charge in [0.2, 0.25) is 10.0 Å². The van der Waals surface area contributed by atoms with Gasteiger partial charge < -0.3 is 5.32 Å². The number of aromatic amines is 1. The Bertz CT molecular complexity index is 1430. The van der Waals surface area contributed by atoms with Crippen LogP contribution in [-0.4, -0.2) is 30.8 Å². The maximum absolute atomic E-state index is 12.0. The average Bonchev–Trinajstić information content (AvgIpc) is 3.35. The van der Waals surface area contributed by atoms with Crippen molar-refractivity contribution in [2.75, 3.05) is 12.4 Å². The van der Waals surface area contributed by atoms with Crippen LogP contribution in [0.15, 0.2) is 89.4 Å². The molecule has 2 aliphatic heterocycles. The minimum absolute atomic E-state index is 0.0293. The summed E-state index contributed by atoms with van der Waals surface area (Å²) in [6.45, 7) is 0. The number of fused-ring (bicyclic) bond motifs is 1. The van der Waals surface area contributed by atoms with Crippen LogP contribution >= 0.6 is 11.6 Å². The van der Waals surface area contributed by atoms with Gasteiger partial charge in [0, 0.05) is 12.3 Å². The van der Waals surface area contributed by atoms with E-state index in [0.29, 0.717) is 21.6 Å². The Kier molecular flexibility index (Phi) is 5.02. The topological polar surface area (TPSA) is 113 Å². The van der Waals surface area contributed by atoms with Crippen LogP contribution in [0, 0.1) is 0 Å². The van der Waals surface area contributed by atoms with Crippen LogP contribution in [0.25, 0.3) is 0 Å². The molecule has 1 aromatic heterocycles. The molecule has 0 saturated carbocycles. The second-order valence-corrected chi connectivity index (χ2v) is 10.1. The minimum Gasteiger partial charge on any atom is -0.352 e. The number of hydrogen-bond acceptors (Lipinski definition) is 5. The summed E-state index contributed by atoms with van der Waals surface area (Å²) in [5.41, 5.74) is 3.64. The maximum Gasteiger partial charge on any atom is 0.238 e. The third kappa shape index (κ3) is 3.41. The number of primary sulfonamides is 1. The molecule has 168 valence electrons. The zero-order chi connectivity index (χ0) is 23.3. The molecule has 8 nitrogen and oxygen atoms in total. The van der Waals surface area contributed by atoms with Gasteiger partial charge in [0.05, 0.1) is 29.8 Å². The number of aliphatic imine (C=N–C) groups is 1. The van der Waals surface area contributed by atoms with Crippen molar-refractivity contribution in [2.24, 2.45) is 10.1 Å². The van der Waals surface area contributed by atoms with Gasteiger partial charge in [-0.15, -0.1) is 0 Å². The van der Waals surface area contributed by atoms with Gasteiger partial charge in [-0.1, -0.05) is 35.9 Å². The first kappa shape index (κ1) is 21.6. The van der Waals surface area contributed by atoms with Crippen LogP contribution in [0.4, 0.5) is 17.1 Å². The Morgan fingerprint density at radius 3 is 2.73 bits per heavy atom. The summed E-state index contributed by atoms with van der Waals surface area (Å²) in [4.78, 5) is 4.41. The van der Waals surface area contributed by atoms with Crippen LogP contribution in [0.3, 0.4) is 0 Å². The summed E-state index contributed by atoms with van der Waals surface area (Å²) >= 11 is 6.76. The van der Waals surface area contributed by atoms with Crippen molar-refractivity contribution in [1.82, 2.24) is 14.7 Å². The first-order valence-electron chi connectivity index (χ1n) is 10.2. The largest absolute Gasteiger partial charge is 0.352 e. The number of allylic oxidation sites excluding steroid dienone is 1. The van der Waals surface area contributed by atoms with E-state index in [0.717, 1.165) is 22.6 Å². The number of halogens is 1. The minimum atomic E-state index is -3.88. The number of benzene rings is 2. The third-order valence-corrected chi connectivity index (χ3v) is 7.68. The molecule has 0 aliphatic carbocycles. The van der Waals surface area contributed by atoms with Crippen molar-refractivity contribution >= 4 is 43.9 Å². The lowest BCUT2D eigenvalue weighted by Gasteiger charge is -2.37. The highest BCUT2D eigenvalue weighted by molar-refractivity contribution is 7.89. The Labute approximate surface area is 196 Å². The molecule has 4 N–H and O–H groups in total. The summed E-state index contributed by atoms with van der Waals surface area (Å²) in [7, 11) is -1.81. The number of rotatable bonds is 4. The van der Waals surface area contributed by atoms with Gasteiger partial charge in [-0.25, -0.2) is 23.0 Å². The van der Waals surface area contributed by atoms with Crippen molar-refractivity contribution in [2.45, 2.75) is 16.7 Å². The van der Waals surface area contributed by atoms with E-state index in [1.54, 1.807) is 24.5 Å². The summed E-state index contributed by atoms with van der Waals surface area (Å²) in [6, 6.07) is 12.7. The monoisotopic (exact) mass is 481 g/mol. The van der Waals surface area contributed by atoms with Crippen molar-refractivity contribution in [3.8, 4) is 0 Å². The second-order valence-electron chi connectivity index (χ2n) is 8.21. The summed E-state index contributed by atoms with van der Waals surface area (Å²) in [6.07, 6.45) is 11.7. The van der Waals surface area contributed by atoms with Crippen LogP contribution in [0.5, 0.6) is 0 Å². The molecule has 2 aromatic carbocycles. The number of aromatic nitrogens is 2. The van der Waals surface area contributed by atoms with Gasteiger partial charge in [0.1, 0.15) is 23.3 Å². The maximum atomic E-state index is 12.0. The smallest absolute Gasteiger partial charge is 0.238 e. The van der Waals surface area contributed by atoms with Crippen LogP contribution in [-0.2, 0) is 15.4 Å². The number of quaternary nitrogens is 1. The Morgan fingerprint density at radius 2 is 2.00 bits per heavy atom. The molecule has 0 amide bonds. The quantitative estimate of drug-likeness (QED) is 0.487. The predicted molar refractivity (Wildman–Crippen MR) is 131 cm³/mol. The number of sulfonamides is 1. The zero-order valence-electron chi connectivity index (χ0n) is 17.7. The predicted octanol–water partition coefficient (Wildman–Crippen LogP) is 4.06. The third-order valence-electron chi connectivity index (χ3n) is 6.35. The first-order valence-corrected chi connectivity index (χ1v) is 12.1. The van der Waals surface area contributed by atoms with Crippen LogP contribution < -0.4 is 14.9 Å². The van der Waals surface area contributed by atoms with Gasteiger partial charge >= 0.3 is 0 Å². The summed E-state index contributed by atoms with van der Waals surface area (Å²) in [5, 5.41) is 16.1. The SMILES string of the molecule is C[N+]1(c2cn[nH]c2)C=CNc2cc(C3(c4cccc(S(N)(=O)=O)c4)CC=CN=C3Cl)ccc21. The van der Waals surface area contributed by atoms with E-state index < -0.39 is 15.4 Å². The highest BCUT2D eigenvalue weighted by Crippen LogP contribution is 2.46. The summed E-state index contributed by atoms with van der Waals surface area (Å²) < 4.78 is 24.5. The van der Waals surface area contributed by atoms with Gasteiger partial charge in [-0.2, -0.15) is 5.10 Å². The molecule has 0 saturated heterocycles.